The van der Waals surface area contributed by atoms with E-state index in [0.717, 1.165) is 17.8 Å². The minimum Gasteiger partial charge on any atom is -0.489 e. The van der Waals surface area contributed by atoms with Crippen molar-refractivity contribution in [2.75, 3.05) is 0 Å². The lowest BCUT2D eigenvalue weighted by Crippen LogP contribution is -2.24. The van der Waals surface area contributed by atoms with E-state index in [4.69, 9.17) is 20.9 Å². The molecule has 0 fully saturated rings. The first-order valence-corrected chi connectivity index (χ1v) is 9.00. The fraction of sp³-hybridized carbons (Fsp3) is 0.316. The first-order chi connectivity index (χ1) is 13.0. The van der Waals surface area contributed by atoms with E-state index in [1.165, 1.54) is 0 Å². The second-order valence-electron chi connectivity index (χ2n) is 6.09. The van der Waals surface area contributed by atoms with Crippen molar-refractivity contribution in [3.8, 4) is 5.75 Å². The van der Waals surface area contributed by atoms with Crippen LogP contribution < -0.4 is 10.1 Å². The number of hydrogen-bond donors (Lipinski definition) is 1. The van der Waals surface area contributed by atoms with E-state index in [1.807, 2.05) is 24.7 Å². The maximum Gasteiger partial charge on any atom is 0.274 e. The van der Waals surface area contributed by atoms with Crippen molar-refractivity contribution in [3.63, 3.8) is 0 Å². The highest BCUT2D eigenvalue weighted by Crippen LogP contribution is 2.21. The van der Waals surface area contributed by atoms with Crippen molar-refractivity contribution in [3.05, 3.63) is 63.8 Å². The summed E-state index contributed by atoms with van der Waals surface area (Å²) < 4.78 is 12.8. The summed E-state index contributed by atoms with van der Waals surface area (Å²) in [5.41, 5.74) is 2.67. The molecule has 0 aliphatic rings. The molecule has 1 N–H and O–H groups in total. The van der Waals surface area contributed by atoms with Crippen molar-refractivity contribution in [2.24, 2.45) is 0 Å². The third kappa shape index (κ3) is 4.49. The van der Waals surface area contributed by atoms with Gasteiger partial charge in [-0.15, -0.1) is 0 Å². The zero-order chi connectivity index (χ0) is 19.4. The van der Waals surface area contributed by atoms with E-state index in [9.17, 15) is 4.79 Å². The lowest BCUT2D eigenvalue weighted by atomic mass is 10.2. The largest absolute Gasteiger partial charge is 0.489 e. The van der Waals surface area contributed by atoms with Crippen molar-refractivity contribution in [1.82, 2.24) is 20.3 Å². The average molecular weight is 389 g/mol. The summed E-state index contributed by atoms with van der Waals surface area (Å²) in [7, 11) is 0. The van der Waals surface area contributed by atoms with Gasteiger partial charge in [0.05, 0.1) is 11.3 Å². The lowest BCUT2D eigenvalue weighted by molar-refractivity contribution is 0.0939. The van der Waals surface area contributed by atoms with Crippen molar-refractivity contribution in [1.29, 1.82) is 0 Å². The van der Waals surface area contributed by atoms with Gasteiger partial charge < -0.3 is 14.6 Å². The van der Waals surface area contributed by atoms with Crippen LogP contribution in [-0.2, 0) is 19.7 Å². The fourth-order valence-electron chi connectivity index (χ4n) is 2.61. The molecule has 3 rings (SSSR count). The third-order valence-electron chi connectivity index (χ3n) is 4.19. The number of nitrogens with one attached hydrogen (secondary N) is 1. The topological polar surface area (TPSA) is 82.2 Å². The van der Waals surface area contributed by atoms with Crippen molar-refractivity contribution >= 4 is 17.5 Å². The molecule has 27 heavy (non-hydrogen) atoms. The van der Waals surface area contributed by atoms with Crippen LogP contribution in [0.5, 0.6) is 5.75 Å². The van der Waals surface area contributed by atoms with Crippen LogP contribution in [0.1, 0.15) is 40.0 Å². The van der Waals surface area contributed by atoms with E-state index < -0.39 is 0 Å². The normalized spacial score (nSPS) is 10.8. The van der Waals surface area contributed by atoms with E-state index in [1.54, 1.807) is 31.2 Å². The van der Waals surface area contributed by atoms with E-state index in [-0.39, 0.29) is 18.2 Å². The molecule has 0 aliphatic carbocycles. The summed E-state index contributed by atoms with van der Waals surface area (Å²) in [5, 5.41) is 11.7. The van der Waals surface area contributed by atoms with Crippen LogP contribution in [0.4, 0.5) is 0 Å². The Morgan fingerprint density at radius 1 is 1.37 bits per heavy atom. The zero-order valence-corrected chi connectivity index (χ0v) is 16.2. The van der Waals surface area contributed by atoms with Gasteiger partial charge in [0.1, 0.15) is 18.1 Å². The van der Waals surface area contributed by atoms with Crippen LogP contribution in [0.2, 0.25) is 5.02 Å². The molecule has 0 saturated heterocycles. The molecule has 2 aromatic heterocycles. The highest BCUT2D eigenvalue weighted by molar-refractivity contribution is 6.30. The van der Waals surface area contributed by atoms with Gasteiger partial charge >= 0.3 is 0 Å². The number of hydrogen-bond acceptors (Lipinski definition) is 5. The van der Waals surface area contributed by atoms with Gasteiger partial charge in [-0.3, -0.25) is 9.48 Å². The number of carbonyl (C=O) groups is 1. The molecule has 0 spiro atoms. The Labute approximate surface area is 162 Å². The number of rotatable bonds is 7. The molecule has 0 radical (unpaired) electrons. The maximum absolute atomic E-state index is 12.6. The molecule has 142 valence electrons. The van der Waals surface area contributed by atoms with Gasteiger partial charge in [-0.05, 0) is 39.0 Å². The maximum atomic E-state index is 12.6. The smallest absolute Gasteiger partial charge is 0.274 e. The minimum absolute atomic E-state index is 0.158. The molecule has 7 nitrogen and oxygen atoms in total. The number of aryl methyl sites for hydroxylation is 3. The molecule has 0 unspecified atom stereocenters. The monoisotopic (exact) mass is 388 g/mol. The Bertz CT molecular complexity index is 948. The molecule has 2 heterocycles. The number of aromatic nitrogens is 3. The SMILES string of the molecule is CCn1cc(CNC(=O)c2noc(C)c2COc2cccc(Cl)c2)c(C)n1. The van der Waals surface area contributed by atoms with Crippen molar-refractivity contribution < 1.29 is 14.1 Å². The van der Waals surface area contributed by atoms with Gasteiger partial charge in [0.25, 0.3) is 5.91 Å². The molecule has 0 aliphatic heterocycles. The molecule has 3 aromatic rings. The van der Waals surface area contributed by atoms with Gasteiger partial charge in [0.15, 0.2) is 5.69 Å². The highest BCUT2D eigenvalue weighted by Gasteiger charge is 2.20. The number of halogens is 1. The number of carbonyl (C=O) groups excluding carboxylic acids is 1. The highest BCUT2D eigenvalue weighted by atomic mass is 35.5. The van der Waals surface area contributed by atoms with E-state index >= 15 is 0 Å². The quantitative estimate of drug-likeness (QED) is 0.667. The van der Waals surface area contributed by atoms with Crippen LogP contribution in [0.25, 0.3) is 0 Å². The average Bonchev–Trinajstić information content (AvgIpc) is 3.20. The predicted molar refractivity (Wildman–Crippen MR) is 101 cm³/mol. The third-order valence-corrected chi connectivity index (χ3v) is 4.43. The molecule has 0 bridgehead atoms. The van der Waals surface area contributed by atoms with Crippen LogP contribution in [0.3, 0.4) is 0 Å². The molecule has 0 saturated carbocycles. The number of ether oxygens (including phenoxy) is 1. The number of benzene rings is 1. The summed E-state index contributed by atoms with van der Waals surface area (Å²) in [6.07, 6.45) is 1.92. The Hall–Kier alpha value is -2.80. The van der Waals surface area contributed by atoms with Crippen LogP contribution >= 0.6 is 11.6 Å². The number of nitrogens with zero attached hydrogens (tertiary/aromatic N) is 3. The van der Waals surface area contributed by atoms with Crippen molar-refractivity contribution in [2.45, 2.75) is 40.5 Å². The predicted octanol–water partition coefficient (Wildman–Crippen LogP) is 3.67. The van der Waals surface area contributed by atoms with Gasteiger partial charge in [0.2, 0.25) is 0 Å². The minimum atomic E-state index is -0.319. The van der Waals surface area contributed by atoms with Gasteiger partial charge in [-0.25, -0.2) is 0 Å². The summed E-state index contributed by atoms with van der Waals surface area (Å²) in [4.78, 5) is 12.6. The Balaban J connectivity index is 1.67. The molecule has 1 amide bonds. The van der Waals surface area contributed by atoms with Crippen LogP contribution in [0, 0.1) is 13.8 Å². The van der Waals surface area contributed by atoms with E-state index in [2.05, 4.69) is 15.6 Å². The summed E-state index contributed by atoms with van der Waals surface area (Å²) in [6, 6.07) is 7.06. The second-order valence-corrected chi connectivity index (χ2v) is 6.53. The lowest BCUT2D eigenvalue weighted by Gasteiger charge is -2.07. The summed E-state index contributed by atoms with van der Waals surface area (Å²) in [5.74, 6) is 0.828. The van der Waals surface area contributed by atoms with Crippen LogP contribution in [0.15, 0.2) is 35.0 Å². The summed E-state index contributed by atoms with van der Waals surface area (Å²) in [6.45, 7) is 6.98. The standard InChI is InChI=1S/C19H21ClN4O3/c1-4-24-10-14(12(2)22-24)9-21-19(25)18-17(13(3)27-23-18)11-26-16-7-5-6-15(20)8-16/h5-8,10H,4,9,11H2,1-3H3,(H,21,25). The fourth-order valence-corrected chi connectivity index (χ4v) is 2.79. The first kappa shape index (κ1) is 19.0. The number of amides is 1. The van der Waals surface area contributed by atoms with Crippen LogP contribution in [-0.4, -0.2) is 20.8 Å². The van der Waals surface area contributed by atoms with Gasteiger partial charge in [0, 0.05) is 29.9 Å². The second kappa shape index (κ2) is 8.26. The van der Waals surface area contributed by atoms with Gasteiger partial charge in [-0.1, -0.05) is 22.8 Å². The van der Waals surface area contributed by atoms with E-state index in [0.29, 0.717) is 28.6 Å². The Morgan fingerprint density at radius 3 is 2.89 bits per heavy atom. The molecular weight excluding hydrogens is 368 g/mol. The van der Waals surface area contributed by atoms with Gasteiger partial charge in [-0.2, -0.15) is 5.10 Å². The summed E-state index contributed by atoms with van der Waals surface area (Å²) >= 11 is 5.96. The first-order valence-electron chi connectivity index (χ1n) is 8.62. The molecule has 1 aromatic carbocycles. The molecule has 0 atom stereocenters. The molecule has 8 heteroatoms. The Kier molecular flexibility index (Phi) is 5.81. The molecular formula is C19H21ClN4O3. The Morgan fingerprint density at radius 2 is 2.19 bits per heavy atom. The zero-order valence-electron chi connectivity index (χ0n) is 15.5.